The van der Waals surface area contributed by atoms with Crippen molar-refractivity contribution in [3.05, 3.63) is 100 Å². The first-order valence-electron chi connectivity index (χ1n) is 9.93. The highest BCUT2D eigenvalue weighted by molar-refractivity contribution is 6.52. The molecular weight excluding hydrogens is 447 g/mol. The normalized spacial score (nSPS) is 18.8. The SMILES string of the molecule is C=C(Nc1cccc(-c2ccc(C)cc2C#N)c1)C1C(c2ccc(C)c(Cl)c2)C1(Cl)Cl. The largest absolute Gasteiger partial charge is 0.359 e. The van der Waals surface area contributed by atoms with Crippen molar-refractivity contribution in [3.63, 3.8) is 0 Å². The molecule has 1 saturated carbocycles. The molecule has 1 aliphatic rings. The van der Waals surface area contributed by atoms with Crippen LogP contribution < -0.4 is 5.32 Å². The van der Waals surface area contributed by atoms with E-state index in [9.17, 15) is 5.26 Å². The second kappa shape index (κ2) is 8.24. The lowest BCUT2D eigenvalue weighted by atomic mass is 9.98. The molecule has 2 atom stereocenters. The van der Waals surface area contributed by atoms with Gasteiger partial charge in [-0.1, -0.05) is 54.6 Å². The molecular formula is C26H21Cl3N2. The standard InChI is InChI=1S/C26H21Cl3N2/c1-15-7-10-22(20(11-15)14-30)18-5-4-6-21(12-18)31-17(3)24-25(26(24,28)29)19-9-8-16(2)23(27)13-19/h4-13,24-25,31H,3H2,1-2H3. The van der Waals surface area contributed by atoms with Crippen molar-refractivity contribution in [2.24, 2.45) is 5.92 Å². The number of hydrogen-bond donors (Lipinski definition) is 1. The molecule has 3 aromatic carbocycles. The summed E-state index contributed by atoms with van der Waals surface area (Å²) >= 11 is 19.6. The molecule has 2 nitrogen and oxygen atoms in total. The van der Waals surface area contributed by atoms with Gasteiger partial charge in [0.1, 0.15) is 4.33 Å². The third kappa shape index (κ3) is 4.19. The molecule has 0 saturated heterocycles. The number of allylic oxidation sites excluding steroid dienone is 1. The quantitative estimate of drug-likeness (QED) is 0.386. The van der Waals surface area contributed by atoms with Gasteiger partial charge < -0.3 is 5.32 Å². The summed E-state index contributed by atoms with van der Waals surface area (Å²) in [6.07, 6.45) is 0. The molecule has 5 heteroatoms. The lowest BCUT2D eigenvalue weighted by molar-refractivity contribution is 0.947. The van der Waals surface area contributed by atoms with E-state index in [0.29, 0.717) is 10.6 Å². The Labute approximate surface area is 198 Å². The molecule has 1 fully saturated rings. The number of rotatable bonds is 5. The molecule has 3 aromatic rings. The minimum absolute atomic E-state index is 0.0839. The predicted octanol–water partition coefficient (Wildman–Crippen LogP) is 8.01. The maximum absolute atomic E-state index is 9.51. The fourth-order valence-corrected chi connectivity index (χ4v) is 5.09. The number of nitrogens with zero attached hydrogens (tertiary/aromatic N) is 1. The van der Waals surface area contributed by atoms with Gasteiger partial charge in [0.25, 0.3) is 0 Å². The maximum atomic E-state index is 9.51. The molecule has 2 unspecified atom stereocenters. The first-order valence-corrected chi connectivity index (χ1v) is 11.1. The van der Waals surface area contributed by atoms with E-state index in [0.717, 1.165) is 39.2 Å². The van der Waals surface area contributed by atoms with Crippen molar-refractivity contribution in [1.82, 2.24) is 0 Å². The van der Waals surface area contributed by atoms with Crippen LogP contribution in [0.4, 0.5) is 5.69 Å². The number of alkyl halides is 2. The van der Waals surface area contributed by atoms with Crippen LogP contribution in [-0.4, -0.2) is 4.33 Å². The average molecular weight is 468 g/mol. The molecule has 156 valence electrons. The Morgan fingerprint density at radius 3 is 2.55 bits per heavy atom. The first-order chi connectivity index (χ1) is 14.7. The van der Waals surface area contributed by atoms with Crippen LogP contribution in [0.25, 0.3) is 11.1 Å². The Balaban J connectivity index is 1.56. The summed E-state index contributed by atoms with van der Waals surface area (Å²) in [7, 11) is 0. The Bertz CT molecular complexity index is 1220. The van der Waals surface area contributed by atoms with Gasteiger partial charge in [-0.2, -0.15) is 5.26 Å². The van der Waals surface area contributed by atoms with Crippen molar-refractivity contribution < 1.29 is 0 Å². The van der Waals surface area contributed by atoms with Crippen molar-refractivity contribution in [3.8, 4) is 17.2 Å². The van der Waals surface area contributed by atoms with Crippen molar-refractivity contribution in [2.45, 2.75) is 24.1 Å². The predicted molar refractivity (Wildman–Crippen MR) is 131 cm³/mol. The summed E-state index contributed by atoms with van der Waals surface area (Å²) in [5, 5.41) is 13.6. The molecule has 0 amide bonds. The highest BCUT2D eigenvalue weighted by Gasteiger charge is 2.65. The van der Waals surface area contributed by atoms with E-state index in [2.05, 4.69) is 18.0 Å². The number of benzene rings is 3. The van der Waals surface area contributed by atoms with Crippen LogP contribution in [0.5, 0.6) is 0 Å². The Morgan fingerprint density at radius 2 is 1.84 bits per heavy atom. The summed E-state index contributed by atoms with van der Waals surface area (Å²) < 4.78 is -0.939. The minimum atomic E-state index is -0.939. The molecule has 31 heavy (non-hydrogen) atoms. The van der Waals surface area contributed by atoms with Crippen LogP contribution in [0.15, 0.2) is 72.9 Å². The molecule has 1 aliphatic carbocycles. The smallest absolute Gasteiger partial charge is 0.134 e. The van der Waals surface area contributed by atoms with Crippen LogP contribution >= 0.6 is 34.8 Å². The molecule has 0 aromatic heterocycles. The summed E-state index contributed by atoms with van der Waals surface area (Å²) in [6.45, 7) is 8.15. The van der Waals surface area contributed by atoms with E-state index in [-0.39, 0.29) is 11.8 Å². The van der Waals surface area contributed by atoms with Gasteiger partial charge >= 0.3 is 0 Å². The van der Waals surface area contributed by atoms with Gasteiger partial charge in [0.15, 0.2) is 0 Å². The van der Waals surface area contributed by atoms with Gasteiger partial charge in [-0.25, -0.2) is 0 Å². The Hall–Kier alpha value is -2.44. The van der Waals surface area contributed by atoms with E-state index < -0.39 is 4.33 Å². The molecule has 0 spiro atoms. The first kappa shape index (κ1) is 21.8. The summed E-state index contributed by atoms with van der Waals surface area (Å²) in [6, 6.07) is 22.0. The maximum Gasteiger partial charge on any atom is 0.134 e. The third-order valence-electron chi connectivity index (χ3n) is 5.76. The monoisotopic (exact) mass is 466 g/mol. The average Bonchev–Trinajstić information content (AvgIpc) is 3.32. The van der Waals surface area contributed by atoms with Crippen LogP contribution in [-0.2, 0) is 0 Å². The summed E-state index contributed by atoms with van der Waals surface area (Å²) in [4.78, 5) is 0. The van der Waals surface area contributed by atoms with E-state index in [1.807, 2.05) is 74.5 Å². The van der Waals surface area contributed by atoms with E-state index in [4.69, 9.17) is 34.8 Å². The number of nitrogens with one attached hydrogen (secondary N) is 1. The molecule has 0 aliphatic heterocycles. The summed E-state index contributed by atoms with van der Waals surface area (Å²) in [5.41, 5.74) is 7.17. The zero-order valence-corrected chi connectivity index (χ0v) is 19.5. The highest BCUT2D eigenvalue weighted by Crippen LogP contribution is 2.67. The van der Waals surface area contributed by atoms with Gasteiger partial charge in [-0.3, -0.25) is 0 Å². The molecule has 1 N–H and O–H groups in total. The van der Waals surface area contributed by atoms with Crippen molar-refractivity contribution in [2.75, 3.05) is 5.32 Å². The van der Waals surface area contributed by atoms with E-state index in [1.54, 1.807) is 0 Å². The molecule has 0 radical (unpaired) electrons. The lowest BCUT2D eigenvalue weighted by Crippen LogP contribution is -2.04. The fourth-order valence-electron chi connectivity index (χ4n) is 4.01. The second-order valence-electron chi connectivity index (χ2n) is 8.03. The van der Waals surface area contributed by atoms with Gasteiger partial charge in [-0.05, 0) is 65.9 Å². The summed E-state index contributed by atoms with van der Waals surface area (Å²) in [5.74, 6) is -0.230. The van der Waals surface area contributed by atoms with Crippen LogP contribution in [0, 0.1) is 31.1 Å². The van der Waals surface area contributed by atoms with E-state index in [1.165, 1.54) is 0 Å². The zero-order chi connectivity index (χ0) is 22.3. The van der Waals surface area contributed by atoms with Gasteiger partial charge in [0, 0.05) is 28.2 Å². The second-order valence-corrected chi connectivity index (χ2v) is 9.88. The van der Waals surface area contributed by atoms with Crippen LogP contribution in [0.1, 0.15) is 28.2 Å². The van der Waals surface area contributed by atoms with Crippen LogP contribution in [0.3, 0.4) is 0 Å². The minimum Gasteiger partial charge on any atom is -0.359 e. The van der Waals surface area contributed by atoms with Crippen LogP contribution in [0.2, 0.25) is 5.02 Å². The fraction of sp³-hybridized carbons (Fsp3) is 0.192. The van der Waals surface area contributed by atoms with Gasteiger partial charge in [-0.15, -0.1) is 23.2 Å². The Kier molecular flexibility index (Phi) is 5.79. The molecule has 0 heterocycles. The Morgan fingerprint density at radius 1 is 1.06 bits per heavy atom. The molecule has 4 rings (SSSR count). The van der Waals surface area contributed by atoms with E-state index >= 15 is 0 Å². The van der Waals surface area contributed by atoms with Crippen molar-refractivity contribution >= 4 is 40.5 Å². The number of nitriles is 1. The number of halogens is 3. The topological polar surface area (TPSA) is 35.8 Å². The number of hydrogen-bond acceptors (Lipinski definition) is 2. The van der Waals surface area contributed by atoms with Crippen molar-refractivity contribution in [1.29, 1.82) is 5.26 Å². The zero-order valence-electron chi connectivity index (χ0n) is 17.2. The van der Waals surface area contributed by atoms with Gasteiger partial charge in [0.05, 0.1) is 11.6 Å². The highest BCUT2D eigenvalue weighted by atomic mass is 35.5. The lowest BCUT2D eigenvalue weighted by Gasteiger charge is -2.12. The number of anilines is 1. The molecule has 0 bridgehead atoms. The van der Waals surface area contributed by atoms with Gasteiger partial charge in [0.2, 0.25) is 0 Å². The third-order valence-corrected chi connectivity index (χ3v) is 7.11. The number of aryl methyl sites for hydroxylation is 2.